The van der Waals surface area contributed by atoms with Gasteiger partial charge in [-0.15, -0.1) is 0 Å². The Bertz CT molecular complexity index is 1610. The summed E-state index contributed by atoms with van der Waals surface area (Å²) in [5, 5.41) is 0.555. The number of carbonyl (C=O) groups excluding carboxylic acids is 2. The van der Waals surface area contributed by atoms with Crippen molar-refractivity contribution in [2.75, 3.05) is 25.2 Å². The van der Waals surface area contributed by atoms with Crippen molar-refractivity contribution in [1.29, 1.82) is 0 Å². The van der Waals surface area contributed by atoms with E-state index in [0.29, 0.717) is 47.7 Å². The summed E-state index contributed by atoms with van der Waals surface area (Å²) in [7, 11) is 1.50. The monoisotopic (exact) mass is 562 g/mol. The molecule has 1 heterocycles. The third kappa shape index (κ3) is 5.48. The van der Waals surface area contributed by atoms with E-state index in [1.165, 1.54) is 54.6 Å². The Morgan fingerprint density at radius 2 is 1.68 bits per heavy atom. The fraction of sp³-hybridized carbons (Fsp3) is 0.233. The first-order valence-corrected chi connectivity index (χ1v) is 12.9. The first-order valence-electron chi connectivity index (χ1n) is 12.9. The molecule has 0 saturated heterocycles. The molecule has 9 nitrogen and oxygen atoms in total. The third-order valence-corrected chi connectivity index (χ3v) is 6.91. The predicted molar refractivity (Wildman–Crippen MR) is 148 cm³/mol. The molecule has 4 N–H and O–H groups in total. The normalized spacial score (nSPS) is 13.5. The lowest BCUT2D eigenvalue weighted by Gasteiger charge is -2.26. The molecule has 0 atom stereocenters. The minimum Gasteiger partial charge on any atom is -0.493 e. The average molecular weight is 563 g/mol. The predicted octanol–water partition coefficient (Wildman–Crippen LogP) is 4.97. The highest BCUT2D eigenvalue weighted by Crippen LogP contribution is 2.49. The molecule has 3 aromatic carbocycles. The molecule has 1 aliphatic rings. The third-order valence-electron chi connectivity index (χ3n) is 6.91. The Morgan fingerprint density at radius 1 is 0.951 bits per heavy atom. The van der Waals surface area contributed by atoms with Gasteiger partial charge in [0.2, 0.25) is 11.8 Å². The van der Waals surface area contributed by atoms with E-state index < -0.39 is 28.9 Å². The number of halogens is 2. The van der Waals surface area contributed by atoms with Crippen LogP contribution in [0.1, 0.15) is 19.3 Å². The lowest BCUT2D eigenvalue weighted by Crippen LogP contribution is -2.41. The van der Waals surface area contributed by atoms with Gasteiger partial charge in [-0.1, -0.05) is 0 Å². The zero-order chi connectivity index (χ0) is 29.1. The van der Waals surface area contributed by atoms with Crippen molar-refractivity contribution in [1.82, 2.24) is 4.98 Å². The smallest absolute Gasteiger partial charge is 0.247 e. The van der Waals surface area contributed by atoms with Crippen LogP contribution in [0, 0.1) is 17.0 Å². The molecular weight excluding hydrogens is 534 g/mol. The molecule has 212 valence electrons. The van der Waals surface area contributed by atoms with Gasteiger partial charge in [-0.2, -0.15) is 0 Å². The van der Waals surface area contributed by atoms with Gasteiger partial charge in [-0.3, -0.25) is 19.5 Å². The maximum absolute atomic E-state index is 15.5. The van der Waals surface area contributed by atoms with Gasteiger partial charge in [0.05, 0.1) is 24.9 Å². The summed E-state index contributed by atoms with van der Waals surface area (Å²) < 4.78 is 46.3. The molecule has 0 bridgehead atoms. The van der Waals surface area contributed by atoms with Crippen molar-refractivity contribution in [2.45, 2.75) is 19.3 Å². The summed E-state index contributed by atoms with van der Waals surface area (Å²) >= 11 is 0. The number of hydrogen-bond acceptors (Lipinski definition) is 7. The molecule has 0 unspecified atom stereocenters. The quantitative estimate of drug-likeness (QED) is 0.195. The molecule has 0 spiro atoms. The number of amides is 2. The molecule has 2 amide bonds. The van der Waals surface area contributed by atoms with Crippen molar-refractivity contribution >= 4 is 34.1 Å². The Kier molecular flexibility index (Phi) is 7.71. The number of ether oxygens (including phenoxy) is 3. The Balaban J connectivity index is 1.48. The number of rotatable bonds is 11. The maximum Gasteiger partial charge on any atom is 0.247 e. The van der Waals surface area contributed by atoms with Gasteiger partial charge in [-0.25, -0.2) is 8.78 Å². The summed E-state index contributed by atoms with van der Waals surface area (Å²) in [6, 6.07) is 14.0. The van der Waals surface area contributed by atoms with Crippen LogP contribution in [-0.2, 0) is 9.59 Å². The van der Waals surface area contributed by atoms with Gasteiger partial charge in [0.15, 0.2) is 23.1 Å². The molecule has 1 aromatic heterocycles. The van der Waals surface area contributed by atoms with E-state index in [0.717, 1.165) is 6.07 Å². The standard InChI is InChI=1S/C30H28F2N4O5/c1-39-26-16-21-23(17-27(26)40-14-2-12-33)35-13-9-24(21)41-25-8-7-20(15-22(25)32)36(19-5-3-18(31)4-6-19)29(38)30(10-11-30)28(34)37/h3-9,13,15-17H,2,10-12,14,33H2,1H3,(H2,34,37). The fourth-order valence-electron chi connectivity index (χ4n) is 4.46. The van der Waals surface area contributed by atoms with Crippen molar-refractivity contribution in [3.63, 3.8) is 0 Å². The second kappa shape index (κ2) is 11.4. The average Bonchev–Trinajstić information content (AvgIpc) is 3.78. The Hall–Kier alpha value is -4.77. The van der Waals surface area contributed by atoms with Crippen LogP contribution in [0.25, 0.3) is 10.9 Å². The van der Waals surface area contributed by atoms with Gasteiger partial charge >= 0.3 is 0 Å². The van der Waals surface area contributed by atoms with Crippen LogP contribution in [0.5, 0.6) is 23.0 Å². The minimum atomic E-state index is -1.39. The van der Waals surface area contributed by atoms with Gasteiger partial charge in [-0.05, 0) is 74.3 Å². The highest BCUT2D eigenvalue weighted by molar-refractivity contribution is 6.16. The number of pyridine rings is 1. The second-order valence-corrected chi connectivity index (χ2v) is 9.60. The molecule has 1 saturated carbocycles. The molecule has 1 aliphatic carbocycles. The lowest BCUT2D eigenvalue weighted by molar-refractivity contribution is -0.133. The van der Waals surface area contributed by atoms with E-state index in [2.05, 4.69) is 4.98 Å². The number of nitrogens with zero attached hydrogens (tertiary/aromatic N) is 2. The van der Waals surface area contributed by atoms with Gasteiger partial charge in [0, 0.05) is 29.4 Å². The molecule has 0 aliphatic heterocycles. The van der Waals surface area contributed by atoms with Crippen LogP contribution in [0.15, 0.2) is 66.9 Å². The Labute approximate surface area is 234 Å². The number of anilines is 2. The van der Waals surface area contributed by atoms with E-state index in [-0.39, 0.29) is 30.0 Å². The molecule has 4 aromatic rings. The summed E-state index contributed by atoms with van der Waals surface area (Å²) in [4.78, 5) is 31.1. The van der Waals surface area contributed by atoms with Crippen molar-refractivity contribution in [3.8, 4) is 23.0 Å². The number of fused-ring (bicyclic) bond motifs is 1. The number of benzene rings is 3. The first-order chi connectivity index (χ1) is 19.8. The maximum atomic E-state index is 15.5. The van der Waals surface area contributed by atoms with Crippen LogP contribution in [0.4, 0.5) is 20.2 Å². The van der Waals surface area contributed by atoms with Gasteiger partial charge in [0.25, 0.3) is 0 Å². The Morgan fingerprint density at radius 3 is 2.32 bits per heavy atom. The lowest BCUT2D eigenvalue weighted by atomic mass is 10.0. The van der Waals surface area contributed by atoms with Crippen molar-refractivity contribution in [3.05, 3.63) is 78.5 Å². The minimum absolute atomic E-state index is 0.119. The van der Waals surface area contributed by atoms with Crippen LogP contribution in [0.3, 0.4) is 0 Å². The molecule has 11 heteroatoms. The van der Waals surface area contributed by atoms with E-state index in [1.54, 1.807) is 18.2 Å². The van der Waals surface area contributed by atoms with Crippen LogP contribution in [0.2, 0.25) is 0 Å². The zero-order valence-corrected chi connectivity index (χ0v) is 22.2. The van der Waals surface area contributed by atoms with E-state index in [9.17, 15) is 14.0 Å². The SMILES string of the molecule is COc1cc2c(Oc3ccc(N(C(=O)C4(C(N)=O)CC4)c4ccc(F)cc4)cc3F)ccnc2cc1OCCCN. The van der Waals surface area contributed by atoms with Crippen LogP contribution < -0.4 is 30.6 Å². The summed E-state index contributed by atoms with van der Waals surface area (Å²) in [6.45, 7) is 0.891. The number of carbonyl (C=O) groups is 2. The molecule has 5 rings (SSSR count). The number of methoxy groups -OCH3 is 1. The number of nitrogens with two attached hydrogens (primary N) is 2. The van der Waals surface area contributed by atoms with Crippen molar-refractivity contribution in [2.24, 2.45) is 16.9 Å². The molecular formula is C30H28F2N4O5. The number of primary amides is 1. The van der Waals surface area contributed by atoms with E-state index >= 15 is 4.39 Å². The topological polar surface area (TPSA) is 130 Å². The molecule has 41 heavy (non-hydrogen) atoms. The highest BCUT2D eigenvalue weighted by atomic mass is 19.1. The van der Waals surface area contributed by atoms with E-state index in [4.69, 9.17) is 25.7 Å². The van der Waals surface area contributed by atoms with Gasteiger partial charge < -0.3 is 25.7 Å². The number of aromatic nitrogens is 1. The van der Waals surface area contributed by atoms with Crippen LogP contribution >= 0.6 is 0 Å². The molecule has 1 fully saturated rings. The fourth-order valence-corrected chi connectivity index (χ4v) is 4.46. The highest BCUT2D eigenvalue weighted by Gasteiger charge is 2.57. The largest absolute Gasteiger partial charge is 0.493 e. The van der Waals surface area contributed by atoms with Crippen LogP contribution in [-0.4, -0.2) is 37.1 Å². The molecule has 0 radical (unpaired) electrons. The van der Waals surface area contributed by atoms with E-state index in [1.807, 2.05) is 0 Å². The van der Waals surface area contributed by atoms with Gasteiger partial charge in [0.1, 0.15) is 17.0 Å². The summed E-state index contributed by atoms with van der Waals surface area (Å²) in [6.07, 6.45) is 2.75. The summed E-state index contributed by atoms with van der Waals surface area (Å²) in [5.41, 5.74) is 10.6. The number of hydrogen-bond donors (Lipinski definition) is 2. The van der Waals surface area contributed by atoms with Crippen molar-refractivity contribution < 1.29 is 32.6 Å². The second-order valence-electron chi connectivity index (χ2n) is 9.60. The summed E-state index contributed by atoms with van der Waals surface area (Å²) in [5.74, 6) is -1.53. The zero-order valence-electron chi connectivity index (χ0n) is 22.2. The first kappa shape index (κ1) is 27.8.